The summed E-state index contributed by atoms with van der Waals surface area (Å²) in [4.78, 5) is 27.6. The molecule has 0 amide bonds. The van der Waals surface area contributed by atoms with E-state index in [9.17, 15) is 14.7 Å². The molecule has 0 saturated heterocycles. The zero-order valence-electron chi connectivity index (χ0n) is 15.1. The number of hydrogen-bond acceptors (Lipinski definition) is 3. The van der Waals surface area contributed by atoms with Crippen molar-refractivity contribution in [2.45, 2.75) is 32.7 Å². The summed E-state index contributed by atoms with van der Waals surface area (Å²) >= 11 is 12.5. The molecule has 0 saturated carbocycles. The number of fused-ring (bicyclic) bond motifs is 1. The number of unbranched alkanes of at least 4 members (excludes halogenated alkanes) is 1. The first-order chi connectivity index (χ1) is 13.3. The van der Waals surface area contributed by atoms with E-state index in [1.807, 2.05) is 4.57 Å². The molecule has 1 aromatic heterocycles. The number of nitrogens with zero attached hydrogens (tertiary/aromatic N) is 2. The maximum absolute atomic E-state index is 11.8. The van der Waals surface area contributed by atoms with Crippen LogP contribution >= 0.6 is 23.2 Å². The number of aromatic carboxylic acids is 2. The van der Waals surface area contributed by atoms with Gasteiger partial charge in [0.25, 0.3) is 0 Å². The summed E-state index contributed by atoms with van der Waals surface area (Å²) in [5.41, 5.74) is 1.73. The highest BCUT2D eigenvalue weighted by atomic mass is 35.5. The number of hydrogen-bond donors (Lipinski definition) is 2. The first-order valence-electron chi connectivity index (χ1n) is 8.76. The highest BCUT2D eigenvalue weighted by molar-refractivity contribution is 6.35. The number of aryl methyl sites for hydroxylation is 1. The molecule has 0 bridgehead atoms. The van der Waals surface area contributed by atoms with Gasteiger partial charge in [-0.2, -0.15) is 0 Å². The molecule has 0 radical (unpaired) electrons. The maximum atomic E-state index is 11.8. The van der Waals surface area contributed by atoms with E-state index in [0.29, 0.717) is 28.0 Å². The number of benzene rings is 2. The van der Waals surface area contributed by atoms with E-state index in [1.165, 1.54) is 18.2 Å². The predicted octanol–water partition coefficient (Wildman–Crippen LogP) is 5.13. The molecule has 146 valence electrons. The largest absolute Gasteiger partial charge is 0.478 e. The lowest BCUT2D eigenvalue weighted by molar-refractivity contribution is 0.0687. The fraction of sp³-hybridized carbons (Fsp3) is 0.250. The lowest BCUT2D eigenvalue weighted by Crippen LogP contribution is -2.09. The smallest absolute Gasteiger partial charge is 0.339 e. The number of carbonyl (C=O) groups is 2. The topological polar surface area (TPSA) is 92.4 Å². The van der Waals surface area contributed by atoms with Crippen molar-refractivity contribution in [2.75, 3.05) is 0 Å². The Hall–Kier alpha value is -2.57. The Kier molecular flexibility index (Phi) is 5.91. The Labute approximate surface area is 171 Å². The fourth-order valence-corrected chi connectivity index (χ4v) is 3.60. The van der Waals surface area contributed by atoms with Gasteiger partial charge in [-0.3, -0.25) is 0 Å². The normalized spacial score (nSPS) is 11.1. The molecule has 8 heteroatoms. The zero-order chi connectivity index (χ0) is 20.4. The average Bonchev–Trinajstić information content (AvgIpc) is 2.98. The van der Waals surface area contributed by atoms with Crippen LogP contribution in [0.5, 0.6) is 0 Å². The third-order valence-corrected chi connectivity index (χ3v) is 5.20. The van der Waals surface area contributed by atoms with E-state index in [4.69, 9.17) is 28.3 Å². The fourth-order valence-electron chi connectivity index (χ4n) is 3.13. The lowest BCUT2D eigenvalue weighted by Gasteiger charge is -2.13. The van der Waals surface area contributed by atoms with E-state index < -0.39 is 11.9 Å². The van der Waals surface area contributed by atoms with Crippen LogP contribution in [0.15, 0.2) is 30.3 Å². The van der Waals surface area contributed by atoms with E-state index >= 15 is 0 Å². The van der Waals surface area contributed by atoms with Gasteiger partial charge in [-0.05, 0) is 36.2 Å². The van der Waals surface area contributed by atoms with Crippen molar-refractivity contribution in [1.29, 1.82) is 0 Å². The third kappa shape index (κ3) is 3.84. The van der Waals surface area contributed by atoms with Crippen LogP contribution in [0.25, 0.3) is 11.0 Å². The Morgan fingerprint density at radius 2 is 1.82 bits per heavy atom. The maximum Gasteiger partial charge on any atom is 0.339 e. The van der Waals surface area contributed by atoms with Gasteiger partial charge in [-0.15, -0.1) is 0 Å². The van der Waals surface area contributed by atoms with Crippen LogP contribution in [0.1, 0.15) is 51.9 Å². The van der Waals surface area contributed by atoms with E-state index in [2.05, 4.69) is 11.9 Å². The van der Waals surface area contributed by atoms with Gasteiger partial charge in [0.2, 0.25) is 0 Å². The van der Waals surface area contributed by atoms with Gasteiger partial charge in [0.1, 0.15) is 11.4 Å². The van der Waals surface area contributed by atoms with Crippen molar-refractivity contribution in [1.82, 2.24) is 9.55 Å². The van der Waals surface area contributed by atoms with Gasteiger partial charge in [-0.1, -0.05) is 42.6 Å². The summed E-state index contributed by atoms with van der Waals surface area (Å²) in [5.74, 6) is -1.46. The molecule has 0 fully saturated rings. The number of halogens is 2. The molecule has 0 atom stereocenters. The van der Waals surface area contributed by atoms with Crippen LogP contribution in [-0.4, -0.2) is 31.7 Å². The molecule has 0 aliphatic rings. The van der Waals surface area contributed by atoms with Crippen molar-refractivity contribution >= 4 is 46.2 Å². The Morgan fingerprint density at radius 1 is 1.07 bits per heavy atom. The van der Waals surface area contributed by atoms with Gasteiger partial charge in [0.15, 0.2) is 0 Å². The Morgan fingerprint density at radius 3 is 2.43 bits per heavy atom. The van der Waals surface area contributed by atoms with Crippen LogP contribution in [-0.2, 0) is 13.0 Å². The van der Waals surface area contributed by atoms with Crippen LogP contribution in [0.2, 0.25) is 10.0 Å². The van der Waals surface area contributed by atoms with E-state index in [1.54, 1.807) is 12.1 Å². The lowest BCUT2D eigenvalue weighted by atomic mass is 10.1. The number of carboxylic acids is 2. The van der Waals surface area contributed by atoms with Gasteiger partial charge >= 0.3 is 11.9 Å². The third-order valence-electron chi connectivity index (χ3n) is 4.53. The summed E-state index contributed by atoms with van der Waals surface area (Å²) < 4.78 is 1.81. The highest BCUT2D eigenvalue weighted by Gasteiger charge is 2.21. The monoisotopic (exact) mass is 420 g/mol. The molecular weight excluding hydrogens is 403 g/mol. The van der Waals surface area contributed by atoms with Gasteiger partial charge in [0, 0.05) is 11.4 Å². The number of rotatable bonds is 7. The summed E-state index contributed by atoms with van der Waals surface area (Å²) in [6.45, 7) is 2.32. The summed E-state index contributed by atoms with van der Waals surface area (Å²) in [6, 6.07) is 7.72. The molecule has 1 heterocycles. The number of imidazole rings is 1. The van der Waals surface area contributed by atoms with Gasteiger partial charge in [-0.25, -0.2) is 14.6 Å². The summed E-state index contributed by atoms with van der Waals surface area (Å²) in [5, 5.41) is 19.2. The first-order valence-corrected chi connectivity index (χ1v) is 9.51. The van der Waals surface area contributed by atoms with Crippen LogP contribution < -0.4 is 0 Å². The predicted molar refractivity (Wildman–Crippen MR) is 108 cm³/mol. The molecule has 3 rings (SSSR count). The second-order valence-electron chi connectivity index (χ2n) is 6.42. The molecule has 6 nitrogen and oxygen atoms in total. The molecule has 0 aliphatic heterocycles. The second kappa shape index (κ2) is 8.20. The SMILES string of the molecule is CCCCc1nc2ccc(Cl)c(C(=O)O)c2n1Cc1ccc(C(=O)O)cc1Cl. The molecule has 3 aromatic rings. The molecule has 0 spiro atoms. The summed E-state index contributed by atoms with van der Waals surface area (Å²) in [6.07, 6.45) is 2.53. The Balaban J connectivity index is 2.18. The highest BCUT2D eigenvalue weighted by Crippen LogP contribution is 2.30. The zero-order valence-corrected chi connectivity index (χ0v) is 16.6. The minimum Gasteiger partial charge on any atom is -0.478 e. The van der Waals surface area contributed by atoms with E-state index in [0.717, 1.165) is 18.7 Å². The quantitative estimate of drug-likeness (QED) is 0.552. The van der Waals surface area contributed by atoms with Crippen molar-refractivity contribution < 1.29 is 19.8 Å². The number of carboxylic acid groups (broad SMARTS) is 2. The minimum atomic E-state index is -1.13. The summed E-state index contributed by atoms with van der Waals surface area (Å²) in [7, 11) is 0. The molecule has 28 heavy (non-hydrogen) atoms. The van der Waals surface area contributed by atoms with Crippen LogP contribution in [0.4, 0.5) is 0 Å². The first kappa shape index (κ1) is 20.2. The molecule has 0 aliphatic carbocycles. The van der Waals surface area contributed by atoms with Gasteiger partial charge < -0.3 is 14.8 Å². The second-order valence-corrected chi connectivity index (χ2v) is 7.24. The Bertz CT molecular complexity index is 1080. The minimum absolute atomic E-state index is 0.00677. The standard InChI is InChI=1S/C20H18Cl2N2O4/c1-2-3-4-16-23-15-8-7-13(21)17(20(27)28)18(15)24(16)10-12-6-5-11(19(25)26)9-14(12)22/h5-9H,2-4,10H2,1H3,(H,25,26)(H,27,28). The molecular formula is C20H18Cl2N2O4. The van der Waals surface area contributed by atoms with Gasteiger partial charge in [0.05, 0.1) is 28.2 Å². The van der Waals surface area contributed by atoms with Crippen molar-refractivity contribution in [3.05, 3.63) is 62.9 Å². The van der Waals surface area contributed by atoms with Crippen molar-refractivity contribution in [3.8, 4) is 0 Å². The van der Waals surface area contributed by atoms with Crippen LogP contribution in [0, 0.1) is 0 Å². The molecule has 2 aromatic carbocycles. The molecule has 0 unspecified atom stereocenters. The van der Waals surface area contributed by atoms with E-state index in [-0.39, 0.29) is 22.7 Å². The van der Waals surface area contributed by atoms with Crippen LogP contribution in [0.3, 0.4) is 0 Å². The average molecular weight is 421 g/mol. The molecule has 2 N–H and O–H groups in total. The van der Waals surface area contributed by atoms with Crippen molar-refractivity contribution in [2.24, 2.45) is 0 Å². The van der Waals surface area contributed by atoms with Crippen molar-refractivity contribution in [3.63, 3.8) is 0 Å². The number of aromatic nitrogens is 2.